The normalized spacial score (nSPS) is 19.8. The van der Waals surface area contributed by atoms with E-state index in [-0.39, 0.29) is 61.2 Å². The van der Waals surface area contributed by atoms with Crippen LogP contribution in [0.4, 0.5) is 17.1 Å². The van der Waals surface area contributed by atoms with Crippen molar-refractivity contribution in [3.8, 4) is 17.2 Å². The number of hydrogen-bond donors (Lipinski definition) is 3. The molecule has 5 aromatic rings. The van der Waals surface area contributed by atoms with Gasteiger partial charge in [-0.3, -0.25) is 23.1 Å². The lowest BCUT2D eigenvalue weighted by Crippen LogP contribution is -2.47. The average molecular weight is 996 g/mol. The number of carbonyl (C=O) groups is 3. The van der Waals surface area contributed by atoms with Gasteiger partial charge < -0.3 is 29.3 Å². The summed E-state index contributed by atoms with van der Waals surface area (Å²) in [7, 11) is -5.91. The summed E-state index contributed by atoms with van der Waals surface area (Å²) in [5, 5.41) is 1.95. The van der Waals surface area contributed by atoms with Crippen molar-refractivity contribution in [2.24, 2.45) is 5.92 Å². The van der Waals surface area contributed by atoms with Crippen LogP contribution in [0, 0.1) is 12.8 Å². The highest BCUT2D eigenvalue weighted by Crippen LogP contribution is 2.44. The van der Waals surface area contributed by atoms with Crippen LogP contribution < -0.4 is 29.3 Å². The molecular weight excluding hydrogens is 943 g/mol. The molecule has 362 valence electrons. The van der Waals surface area contributed by atoms with Crippen LogP contribution in [0.15, 0.2) is 91.0 Å². The van der Waals surface area contributed by atoms with E-state index in [1.165, 1.54) is 7.11 Å². The SMILES string of the molecule is COc1cc2c(cc1OCc1cc(COc3cc4c(cc3C)C(=O)N3c5ccccc5C[C@H]3C(S(=O)(=O)OC)C4)cc(NC(=O)CCC(C)S)c1)CC(CS(=O)(=O)O)[C@@H]1Cc3ccccc3N1C2=O. The number of thiol groups is 1. The monoisotopic (exact) mass is 995 g/mol. The zero-order valence-corrected chi connectivity index (χ0v) is 41.0. The summed E-state index contributed by atoms with van der Waals surface area (Å²) >= 11 is 4.43. The molecule has 18 heteroatoms. The van der Waals surface area contributed by atoms with Crippen molar-refractivity contribution in [3.05, 3.63) is 141 Å². The molecule has 0 spiro atoms. The van der Waals surface area contributed by atoms with Gasteiger partial charge in [0, 0.05) is 46.6 Å². The maximum atomic E-state index is 14.4. The van der Waals surface area contributed by atoms with Gasteiger partial charge in [-0.2, -0.15) is 29.5 Å². The van der Waals surface area contributed by atoms with Gasteiger partial charge >= 0.3 is 0 Å². The van der Waals surface area contributed by atoms with Gasteiger partial charge in [-0.1, -0.05) is 43.3 Å². The van der Waals surface area contributed by atoms with Gasteiger partial charge in [0.05, 0.1) is 26.0 Å². The van der Waals surface area contributed by atoms with E-state index in [1.54, 1.807) is 46.2 Å². The lowest BCUT2D eigenvalue weighted by atomic mass is 9.91. The molecule has 0 radical (unpaired) electrons. The molecule has 0 fully saturated rings. The number of benzene rings is 5. The highest BCUT2D eigenvalue weighted by Gasteiger charge is 2.48. The van der Waals surface area contributed by atoms with E-state index in [0.29, 0.717) is 86.8 Å². The Labute approximate surface area is 407 Å². The number of rotatable bonds is 15. The van der Waals surface area contributed by atoms with Gasteiger partial charge in [0.25, 0.3) is 32.1 Å². The molecule has 3 unspecified atom stereocenters. The van der Waals surface area contributed by atoms with E-state index in [9.17, 15) is 35.8 Å². The number of nitrogens with zero attached hydrogens (tertiary/aromatic N) is 2. The minimum atomic E-state index is -4.41. The number of fused-ring (bicyclic) bond motifs is 8. The summed E-state index contributed by atoms with van der Waals surface area (Å²) in [6.45, 7) is 3.72. The standard InChI is InChI=1S/C51H53N3O12S3/c1-29-15-39-36(24-48(69(61,62)64-4)44-21-34-10-6-8-12-42(34)54(44)50(39)56)22-45(29)65-26-31-16-32(18-38(17-31)52-49(55)14-13-30(2)67)27-66-47-23-35-19-37(28-68(58,59)60)43-20-33-9-5-7-11-41(33)53(43)51(57)40(35)25-46(47)63-3/h5-12,15-18,22-23,25,30,37,43-44,48,67H,13-14,19-21,24,26-28H2,1-4H3,(H,52,55)(H,58,59,60)/t30?,37?,43-,44-,48?/m0/s1. The Bertz CT molecular complexity index is 3100. The zero-order chi connectivity index (χ0) is 48.9. The molecule has 5 aromatic carbocycles. The first-order valence-corrected chi connectivity index (χ1v) is 26.3. The van der Waals surface area contributed by atoms with Gasteiger partial charge in [-0.15, -0.1) is 0 Å². The van der Waals surface area contributed by atoms with Crippen LogP contribution in [0.5, 0.6) is 17.2 Å². The Kier molecular flexibility index (Phi) is 13.3. The highest BCUT2D eigenvalue weighted by atomic mass is 32.2. The van der Waals surface area contributed by atoms with Crippen LogP contribution in [0.2, 0.25) is 0 Å². The fraction of sp³-hybridized carbons (Fsp3) is 0.353. The second-order valence-corrected chi connectivity index (χ2v) is 22.6. The van der Waals surface area contributed by atoms with E-state index in [2.05, 4.69) is 17.9 Å². The van der Waals surface area contributed by atoms with Gasteiger partial charge in [0.1, 0.15) is 24.2 Å². The molecule has 0 saturated heterocycles. The summed E-state index contributed by atoms with van der Waals surface area (Å²) < 4.78 is 85.5. The number of nitrogens with one attached hydrogen (secondary N) is 1. The average Bonchev–Trinajstić information content (AvgIpc) is 3.84. The second-order valence-electron chi connectivity index (χ2n) is 18.3. The number of aryl methyl sites for hydroxylation is 1. The largest absolute Gasteiger partial charge is 0.493 e. The fourth-order valence-corrected chi connectivity index (χ4v) is 12.5. The lowest BCUT2D eigenvalue weighted by Gasteiger charge is -2.28. The number of hydrogen-bond acceptors (Lipinski definition) is 12. The van der Waals surface area contributed by atoms with E-state index in [4.69, 9.17) is 18.4 Å². The third-order valence-corrected chi connectivity index (χ3v) is 16.3. The number of anilines is 3. The molecule has 9 rings (SSSR count). The summed E-state index contributed by atoms with van der Waals surface area (Å²) in [5.41, 5.74) is 7.37. The van der Waals surface area contributed by atoms with Crippen molar-refractivity contribution in [1.29, 1.82) is 0 Å². The van der Waals surface area contributed by atoms with Crippen LogP contribution in [0.25, 0.3) is 0 Å². The second kappa shape index (κ2) is 19.1. The van der Waals surface area contributed by atoms with Crippen molar-refractivity contribution in [2.45, 2.75) is 88.2 Å². The smallest absolute Gasteiger partial charge is 0.272 e. The predicted molar refractivity (Wildman–Crippen MR) is 264 cm³/mol. The maximum absolute atomic E-state index is 14.4. The Balaban J connectivity index is 1.01. The molecule has 0 aromatic heterocycles. The molecule has 0 saturated carbocycles. The van der Waals surface area contributed by atoms with Gasteiger partial charge in [-0.05, 0) is 138 Å². The van der Waals surface area contributed by atoms with Crippen LogP contribution >= 0.6 is 12.6 Å². The number of ether oxygens (including phenoxy) is 3. The van der Waals surface area contributed by atoms with E-state index in [1.807, 2.05) is 68.4 Å². The molecule has 4 heterocycles. The molecule has 15 nitrogen and oxygen atoms in total. The summed E-state index contributed by atoms with van der Waals surface area (Å²) in [4.78, 5) is 45.0. The van der Waals surface area contributed by atoms with E-state index >= 15 is 0 Å². The number of para-hydroxylation sites is 2. The summed E-state index contributed by atoms with van der Waals surface area (Å²) in [6, 6.07) is 25.9. The molecule has 69 heavy (non-hydrogen) atoms. The molecule has 3 amide bonds. The van der Waals surface area contributed by atoms with Crippen molar-refractivity contribution in [1.82, 2.24) is 0 Å². The maximum Gasteiger partial charge on any atom is 0.272 e. The molecule has 0 aliphatic carbocycles. The molecule has 4 aliphatic rings. The number of carbonyl (C=O) groups excluding carboxylic acids is 3. The van der Waals surface area contributed by atoms with Gasteiger partial charge in [0.15, 0.2) is 11.5 Å². The quantitative estimate of drug-likeness (QED) is 0.0539. The Morgan fingerprint density at radius 2 is 1.30 bits per heavy atom. The number of methoxy groups -OCH3 is 1. The Morgan fingerprint density at radius 1 is 0.739 bits per heavy atom. The Morgan fingerprint density at radius 3 is 1.91 bits per heavy atom. The predicted octanol–water partition coefficient (Wildman–Crippen LogP) is 7.30. The summed E-state index contributed by atoms with van der Waals surface area (Å²) in [6.07, 6.45) is 1.77. The van der Waals surface area contributed by atoms with Crippen molar-refractivity contribution < 1.29 is 54.2 Å². The molecule has 5 atom stereocenters. The molecule has 0 bridgehead atoms. The van der Waals surface area contributed by atoms with Gasteiger partial charge in [-0.25, -0.2) is 0 Å². The van der Waals surface area contributed by atoms with Crippen molar-refractivity contribution in [3.63, 3.8) is 0 Å². The molecule has 4 aliphatic heterocycles. The fourth-order valence-electron chi connectivity index (χ4n) is 10.3. The first-order valence-electron chi connectivity index (χ1n) is 22.7. The first kappa shape index (κ1) is 48.1. The third kappa shape index (κ3) is 9.82. The first-order chi connectivity index (χ1) is 32.9. The minimum absolute atomic E-state index is 0.0125. The van der Waals surface area contributed by atoms with Crippen LogP contribution in [-0.2, 0) is 68.1 Å². The zero-order valence-electron chi connectivity index (χ0n) is 38.5. The Hall–Kier alpha value is -5.92. The molecule has 2 N–H and O–H groups in total. The van der Waals surface area contributed by atoms with Crippen LogP contribution in [0.1, 0.15) is 79.4 Å². The van der Waals surface area contributed by atoms with Crippen LogP contribution in [0.3, 0.4) is 0 Å². The third-order valence-electron chi connectivity index (χ3n) is 13.5. The van der Waals surface area contributed by atoms with Crippen molar-refractivity contribution in [2.75, 3.05) is 35.1 Å². The number of amides is 3. The van der Waals surface area contributed by atoms with E-state index in [0.717, 1.165) is 18.2 Å². The summed E-state index contributed by atoms with van der Waals surface area (Å²) in [5.74, 6) is -0.999. The van der Waals surface area contributed by atoms with E-state index < -0.39 is 49.2 Å². The molecular formula is C51H53N3O12S3. The lowest BCUT2D eigenvalue weighted by molar-refractivity contribution is -0.116. The topological polar surface area (TPSA) is 195 Å². The van der Waals surface area contributed by atoms with Gasteiger partial charge in [0.2, 0.25) is 5.91 Å². The van der Waals surface area contributed by atoms with Crippen LogP contribution in [-0.4, -0.2) is 81.7 Å². The minimum Gasteiger partial charge on any atom is -0.493 e. The highest BCUT2D eigenvalue weighted by molar-refractivity contribution is 7.87. The van der Waals surface area contributed by atoms with Crippen molar-refractivity contribution >= 4 is 67.6 Å².